The van der Waals surface area contributed by atoms with Gasteiger partial charge < -0.3 is 4.79 Å². The van der Waals surface area contributed by atoms with Crippen molar-refractivity contribution in [3.63, 3.8) is 0 Å². The molecule has 0 bridgehead atoms. The zero-order chi connectivity index (χ0) is 8.36. The lowest BCUT2D eigenvalue weighted by atomic mass is 10.1. The number of hydrogen-bond acceptors (Lipinski definition) is 1. The molecule has 11 heavy (non-hydrogen) atoms. The van der Waals surface area contributed by atoms with E-state index in [2.05, 4.69) is 19.1 Å². The van der Waals surface area contributed by atoms with Crippen LogP contribution in [0.5, 0.6) is 0 Å². The van der Waals surface area contributed by atoms with Crippen LogP contribution in [0.25, 0.3) is 0 Å². The van der Waals surface area contributed by atoms with E-state index in [1.54, 1.807) is 0 Å². The van der Waals surface area contributed by atoms with Crippen LogP contribution < -0.4 is 0 Å². The molecule has 0 N–H and O–H groups in total. The molecule has 0 aromatic rings. The normalized spacial score (nSPS) is 10.6. The molecule has 0 heterocycles. The molecule has 0 radical (unpaired) electrons. The molecule has 0 aliphatic heterocycles. The number of rotatable bonds is 7. The lowest BCUT2D eigenvalue weighted by molar-refractivity contribution is -0.107. The van der Waals surface area contributed by atoms with Gasteiger partial charge in [0.05, 0.1) is 0 Å². The van der Waals surface area contributed by atoms with Crippen molar-refractivity contribution in [2.75, 3.05) is 0 Å². The van der Waals surface area contributed by atoms with Crippen molar-refractivity contribution < 1.29 is 4.79 Å². The van der Waals surface area contributed by atoms with E-state index >= 15 is 0 Å². The Kier molecular flexibility index (Phi) is 8.91. The van der Waals surface area contributed by atoms with E-state index in [0.29, 0.717) is 0 Å². The average Bonchev–Trinajstić information content (AvgIpc) is 2.03. The highest BCUT2D eigenvalue weighted by atomic mass is 16.1. The summed E-state index contributed by atoms with van der Waals surface area (Å²) in [6.07, 6.45) is 11.9. The second-order valence-electron chi connectivity index (χ2n) is 2.68. The number of allylic oxidation sites excluding steroid dienone is 2. The second kappa shape index (κ2) is 9.41. The van der Waals surface area contributed by atoms with E-state index in [-0.39, 0.29) is 0 Å². The summed E-state index contributed by atoms with van der Waals surface area (Å²) in [7, 11) is 0. The van der Waals surface area contributed by atoms with Crippen LogP contribution in [0.15, 0.2) is 12.2 Å². The van der Waals surface area contributed by atoms with Crippen LogP contribution in [-0.4, -0.2) is 6.29 Å². The van der Waals surface area contributed by atoms with Gasteiger partial charge in [-0.2, -0.15) is 0 Å². The molecule has 0 saturated carbocycles. The molecule has 0 spiro atoms. The highest BCUT2D eigenvalue weighted by Crippen LogP contribution is 2.02. The summed E-state index contributed by atoms with van der Waals surface area (Å²) in [6.45, 7) is 2.14. The molecule has 0 unspecified atom stereocenters. The molecule has 1 nitrogen and oxygen atoms in total. The van der Waals surface area contributed by atoms with E-state index in [1.165, 1.54) is 19.3 Å². The van der Waals surface area contributed by atoms with E-state index in [1.807, 2.05) is 0 Å². The van der Waals surface area contributed by atoms with Crippen molar-refractivity contribution in [2.45, 2.75) is 45.4 Å². The molecule has 0 aliphatic carbocycles. The summed E-state index contributed by atoms with van der Waals surface area (Å²) in [5, 5.41) is 0. The van der Waals surface area contributed by atoms with Gasteiger partial charge in [-0.15, -0.1) is 0 Å². The minimum absolute atomic E-state index is 0.734. The van der Waals surface area contributed by atoms with Gasteiger partial charge in [0.2, 0.25) is 0 Å². The number of hydrogen-bond donors (Lipinski definition) is 0. The maximum atomic E-state index is 9.93. The summed E-state index contributed by atoms with van der Waals surface area (Å²) in [4.78, 5) is 9.93. The predicted octanol–water partition coefficient (Wildman–Crippen LogP) is 3.10. The third kappa shape index (κ3) is 9.41. The van der Waals surface area contributed by atoms with Crippen molar-refractivity contribution in [3.05, 3.63) is 12.2 Å². The fraction of sp³-hybridized carbons (Fsp3) is 0.700. The Balaban J connectivity index is 2.90. The summed E-state index contributed by atoms with van der Waals surface area (Å²) in [5.74, 6) is 0. The zero-order valence-electron chi connectivity index (χ0n) is 7.38. The molecule has 0 aromatic heterocycles. The first kappa shape index (κ1) is 10.4. The lowest BCUT2D eigenvalue weighted by Crippen LogP contribution is -1.77. The molecule has 1 heteroatoms. The Hall–Kier alpha value is -0.590. The second-order valence-corrected chi connectivity index (χ2v) is 2.68. The number of carbonyl (C=O) groups excluding carboxylic acids is 1. The highest BCUT2D eigenvalue weighted by Gasteiger charge is 1.85. The third-order valence-electron chi connectivity index (χ3n) is 1.60. The SMILES string of the molecule is CCC=CCCCCCC=O. The van der Waals surface area contributed by atoms with Crippen LogP contribution in [0, 0.1) is 0 Å². The Labute approximate surface area is 69.5 Å². The molecule has 0 rings (SSSR count). The van der Waals surface area contributed by atoms with E-state index in [9.17, 15) is 4.79 Å². The van der Waals surface area contributed by atoms with E-state index in [4.69, 9.17) is 0 Å². The summed E-state index contributed by atoms with van der Waals surface area (Å²) in [6, 6.07) is 0. The standard InChI is InChI=1S/C10H18O/c1-2-3-4-5-6-7-8-9-10-11/h3-4,10H,2,5-9H2,1H3. The largest absolute Gasteiger partial charge is 0.303 e. The van der Waals surface area contributed by atoms with Crippen molar-refractivity contribution in [2.24, 2.45) is 0 Å². The van der Waals surface area contributed by atoms with Crippen LogP contribution in [0.4, 0.5) is 0 Å². The van der Waals surface area contributed by atoms with Crippen LogP contribution in [-0.2, 0) is 4.79 Å². The Morgan fingerprint density at radius 1 is 1.00 bits per heavy atom. The summed E-state index contributed by atoms with van der Waals surface area (Å²) < 4.78 is 0. The first-order valence-electron chi connectivity index (χ1n) is 4.50. The summed E-state index contributed by atoms with van der Waals surface area (Å²) in [5.41, 5.74) is 0. The molecular formula is C10H18O. The van der Waals surface area contributed by atoms with Crippen molar-refractivity contribution in [1.29, 1.82) is 0 Å². The smallest absolute Gasteiger partial charge is 0.119 e. The maximum absolute atomic E-state index is 9.93. The lowest BCUT2D eigenvalue weighted by Gasteiger charge is -1.92. The maximum Gasteiger partial charge on any atom is 0.119 e. The van der Waals surface area contributed by atoms with Gasteiger partial charge in [0.25, 0.3) is 0 Å². The van der Waals surface area contributed by atoms with Gasteiger partial charge >= 0.3 is 0 Å². The molecule has 0 saturated heterocycles. The van der Waals surface area contributed by atoms with Crippen molar-refractivity contribution >= 4 is 6.29 Å². The topological polar surface area (TPSA) is 17.1 Å². The predicted molar refractivity (Wildman–Crippen MR) is 48.6 cm³/mol. The van der Waals surface area contributed by atoms with Gasteiger partial charge in [-0.05, 0) is 25.7 Å². The van der Waals surface area contributed by atoms with Gasteiger partial charge in [-0.25, -0.2) is 0 Å². The molecule has 64 valence electrons. The zero-order valence-corrected chi connectivity index (χ0v) is 7.38. The van der Waals surface area contributed by atoms with Crippen LogP contribution in [0.3, 0.4) is 0 Å². The van der Waals surface area contributed by atoms with Crippen LogP contribution in [0.1, 0.15) is 45.4 Å². The fourth-order valence-electron chi connectivity index (χ4n) is 0.951. The van der Waals surface area contributed by atoms with Gasteiger partial charge in [-0.1, -0.05) is 25.5 Å². The highest BCUT2D eigenvalue weighted by molar-refractivity contribution is 5.48. The molecule has 0 aliphatic rings. The third-order valence-corrected chi connectivity index (χ3v) is 1.60. The van der Waals surface area contributed by atoms with Crippen molar-refractivity contribution in [3.8, 4) is 0 Å². The van der Waals surface area contributed by atoms with Gasteiger partial charge in [0.15, 0.2) is 0 Å². The number of aldehydes is 1. The van der Waals surface area contributed by atoms with Gasteiger partial charge in [0.1, 0.15) is 6.29 Å². The molecule has 0 atom stereocenters. The molecule has 0 aromatic carbocycles. The number of unbranched alkanes of at least 4 members (excludes halogenated alkanes) is 4. The average molecular weight is 154 g/mol. The quantitative estimate of drug-likeness (QED) is 0.313. The van der Waals surface area contributed by atoms with E-state index < -0.39 is 0 Å². The van der Waals surface area contributed by atoms with Crippen molar-refractivity contribution in [1.82, 2.24) is 0 Å². The van der Waals surface area contributed by atoms with Crippen LogP contribution >= 0.6 is 0 Å². The van der Waals surface area contributed by atoms with E-state index in [0.717, 1.165) is 25.5 Å². The minimum atomic E-state index is 0.734. The molecule has 0 amide bonds. The fourth-order valence-corrected chi connectivity index (χ4v) is 0.951. The monoisotopic (exact) mass is 154 g/mol. The first-order chi connectivity index (χ1) is 5.41. The summed E-state index contributed by atoms with van der Waals surface area (Å²) >= 11 is 0. The van der Waals surface area contributed by atoms with Gasteiger partial charge in [0, 0.05) is 6.42 Å². The van der Waals surface area contributed by atoms with Crippen LogP contribution in [0.2, 0.25) is 0 Å². The Bertz CT molecular complexity index is 105. The number of carbonyl (C=O) groups is 1. The molecule has 0 fully saturated rings. The molecular weight excluding hydrogens is 136 g/mol. The van der Waals surface area contributed by atoms with Gasteiger partial charge in [-0.3, -0.25) is 0 Å². The Morgan fingerprint density at radius 3 is 2.36 bits per heavy atom. The first-order valence-corrected chi connectivity index (χ1v) is 4.50. The minimum Gasteiger partial charge on any atom is -0.303 e. The Morgan fingerprint density at radius 2 is 1.73 bits per heavy atom.